The van der Waals surface area contributed by atoms with Crippen molar-refractivity contribution < 1.29 is 0 Å². The third kappa shape index (κ3) is 2.03. The second-order valence-corrected chi connectivity index (χ2v) is 5.42. The molecule has 0 bridgehead atoms. The molecule has 3 heteroatoms. The fourth-order valence-corrected chi connectivity index (χ4v) is 3.17. The summed E-state index contributed by atoms with van der Waals surface area (Å²) in [5.41, 5.74) is 3.90. The van der Waals surface area contributed by atoms with Crippen LogP contribution in [0.25, 0.3) is 10.9 Å². The summed E-state index contributed by atoms with van der Waals surface area (Å²) in [5, 5.41) is 9.36. The van der Waals surface area contributed by atoms with Gasteiger partial charge in [0.05, 0.1) is 11.2 Å². The molecular formula is C15H21N3. The minimum Gasteiger partial charge on any atom is -0.317 e. The van der Waals surface area contributed by atoms with E-state index in [2.05, 4.69) is 35.5 Å². The number of fused-ring (bicyclic) bond motifs is 1. The molecule has 1 aromatic heterocycles. The summed E-state index contributed by atoms with van der Waals surface area (Å²) in [6.07, 6.45) is 3.80. The Labute approximate surface area is 108 Å². The molecule has 1 aliphatic heterocycles. The highest BCUT2D eigenvalue weighted by Gasteiger charge is 2.16. The summed E-state index contributed by atoms with van der Waals surface area (Å²) < 4.78 is 2.00. The van der Waals surface area contributed by atoms with Gasteiger partial charge < -0.3 is 5.32 Å². The molecular weight excluding hydrogens is 222 g/mol. The number of aromatic nitrogens is 2. The maximum Gasteiger partial charge on any atom is 0.0684 e. The highest BCUT2D eigenvalue weighted by molar-refractivity contribution is 5.85. The molecule has 3 nitrogen and oxygen atoms in total. The minimum absolute atomic E-state index is 0.830. The standard InChI is InChI=1S/C15H21N3/c1-11-15-13(10-12-6-8-16-9-7-12)4-3-5-14(15)18(2)17-11/h3-5,12,16H,6-10H2,1-2H3. The van der Waals surface area contributed by atoms with E-state index in [0.29, 0.717) is 0 Å². The van der Waals surface area contributed by atoms with Gasteiger partial charge in [-0.25, -0.2) is 0 Å². The third-order valence-electron chi connectivity index (χ3n) is 4.11. The number of rotatable bonds is 2. The number of nitrogens with zero attached hydrogens (tertiary/aromatic N) is 2. The van der Waals surface area contributed by atoms with Crippen molar-refractivity contribution in [2.45, 2.75) is 26.2 Å². The lowest BCUT2D eigenvalue weighted by Crippen LogP contribution is -2.28. The lowest BCUT2D eigenvalue weighted by molar-refractivity contribution is 0.373. The number of hydrogen-bond donors (Lipinski definition) is 1. The zero-order valence-electron chi connectivity index (χ0n) is 11.2. The van der Waals surface area contributed by atoms with Crippen molar-refractivity contribution in [1.82, 2.24) is 15.1 Å². The van der Waals surface area contributed by atoms with Crippen LogP contribution in [0.2, 0.25) is 0 Å². The monoisotopic (exact) mass is 243 g/mol. The van der Waals surface area contributed by atoms with Crippen LogP contribution in [0.1, 0.15) is 24.1 Å². The summed E-state index contributed by atoms with van der Waals surface area (Å²) >= 11 is 0. The Bertz CT molecular complexity index is 550. The molecule has 0 aliphatic carbocycles. The van der Waals surface area contributed by atoms with Gasteiger partial charge in [-0.1, -0.05) is 12.1 Å². The van der Waals surface area contributed by atoms with Crippen molar-refractivity contribution in [3.8, 4) is 0 Å². The van der Waals surface area contributed by atoms with Gasteiger partial charge >= 0.3 is 0 Å². The fraction of sp³-hybridized carbons (Fsp3) is 0.533. The van der Waals surface area contributed by atoms with Crippen LogP contribution in [0.5, 0.6) is 0 Å². The van der Waals surface area contributed by atoms with Crippen LogP contribution in [0.15, 0.2) is 18.2 Å². The molecule has 18 heavy (non-hydrogen) atoms. The molecule has 1 aliphatic rings. The molecule has 2 aromatic rings. The number of benzene rings is 1. The Morgan fingerprint density at radius 2 is 2.11 bits per heavy atom. The molecule has 0 amide bonds. The van der Waals surface area contributed by atoms with Crippen LogP contribution < -0.4 is 5.32 Å². The van der Waals surface area contributed by atoms with E-state index < -0.39 is 0 Å². The van der Waals surface area contributed by atoms with E-state index in [-0.39, 0.29) is 0 Å². The van der Waals surface area contributed by atoms with Gasteiger partial charge in [0.2, 0.25) is 0 Å². The van der Waals surface area contributed by atoms with Crippen molar-refractivity contribution in [1.29, 1.82) is 0 Å². The highest BCUT2D eigenvalue weighted by Crippen LogP contribution is 2.26. The van der Waals surface area contributed by atoms with Gasteiger partial charge in [-0.15, -0.1) is 0 Å². The van der Waals surface area contributed by atoms with E-state index in [0.717, 1.165) is 11.6 Å². The fourth-order valence-electron chi connectivity index (χ4n) is 3.17. The van der Waals surface area contributed by atoms with Crippen LogP contribution >= 0.6 is 0 Å². The second-order valence-electron chi connectivity index (χ2n) is 5.42. The van der Waals surface area contributed by atoms with Crippen molar-refractivity contribution in [2.24, 2.45) is 13.0 Å². The molecule has 1 N–H and O–H groups in total. The summed E-state index contributed by atoms with van der Waals surface area (Å²) in [7, 11) is 2.03. The maximum atomic E-state index is 4.55. The average molecular weight is 243 g/mol. The van der Waals surface area contributed by atoms with E-state index in [9.17, 15) is 0 Å². The first-order valence-electron chi connectivity index (χ1n) is 6.87. The zero-order valence-corrected chi connectivity index (χ0v) is 11.2. The molecule has 0 saturated carbocycles. The van der Waals surface area contributed by atoms with Gasteiger partial charge in [0.1, 0.15) is 0 Å². The van der Waals surface area contributed by atoms with E-state index >= 15 is 0 Å². The number of piperidine rings is 1. The highest BCUT2D eigenvalue weighted by atomic mass is 15.3. The largest absolute Gasteiger partial charge is 0.317 e. The predicted octanol–water partition coefficient (Wildman–Crippen LogP) is 2.42. The van der Waals surface area contributed by atoms with Gasteiger partial charge in [-0.05, 0) is 56.8 Å². The lowest BCUT2D eigenvalue weighted by atomic mass is 9.89. The van der Waals surface area contributed by atoms with Crippen LogP contribution in [0.4, 0.5) is 0 Å². The number of aryl methyl sites for hydroxylation is 2. The molecule has 1 aromatic carbocycles. The summed E-state index contributed by atoms with van der Waals surface area (Å²) in [6.45, 7) is 4.47. The average Bonchev–Trinajstić information content (AvgIpc) is 2.67. The van der Waals surface area contributed by atoms with Gasteiger partial charge in [0.25, 0.3) is 0 Å². The SMILES string of the molecule is Cc1nn(C)c2cccc(CC3CCNCC3)c12. The molecule has 0 atom stereocenters. The normalized spacial score (nSPS) is 17.4. The Balaban J connectivity index is 1.95. The quantitative estimate of drug-likeness (QED) is 0.878. The van der Waals surface area contributed by atoms with Crippen molar-refractivity contribution >= 4 is 10.9 Å². The van der Waals surface area contributed by atoms with Crippen LogP contribution in [0.3, 0.4) is 0 Å². The van der Waals surface area contributed by atoms with Gasteiger partial charge in [0.15, 0.2) is 0 Å². The summed E-state index contributed by atoms with van der Waals surface area (Å²) in [5.74, 6) is 0.830. The first-order valence-corrected chi connectivity index (χ1v) is 6.87. The molecule has 1 saturated heterocycles. The van der Waals surface area contributed by atoms with Crippen molar-refractivity contribution in [2.75, 3.05) is 13.1 Å². The first kappa shape index (κ1) is 11.7. The van der Waals surface area contributed by atoms with Gasteiger partial charge in [-0.3, -0.25) is 4.68 Å². The maximum absolute atomic E-state index is 4.55. The molecule has 96 valence electrons. The second kappa shape index (κ2) is 4.73. The molecule has 0 spiro atoms. The minimum atomic E-state index is 0.830. The van der Waals surface area contributed by atoms with Crippen LogP contribution in [0, 0.1) is 12.8 Å². The Morgan fingerprint density at radius 3 is 2.89 bits per heavy atom. The molecule has 0 unspecified atom stereocenters. The Hall–Kier alpha value is -1.35. The topological polar surface area (TPSA) is 29.9 Å². The predicted molar refractivity (Wildman–Crippen MR) is 74.7 cm³/mol. The molecule has 1 fully saturated rings. The van der Waals surface area contributed by atoms with E-state index in [1.165, 1.54) is 48.8 Å². The van der Waals surface area contributed by atoms with Crippen molar-refractivity contribution in [3.05, 3.63) is 29.5 Å². The molecule has 2 heterocycles. The van der Waals surface area contributed by atoms with E-state index in [1.807, 2.05) is 11.7 Å². The van der Waals surface area contributed by atoms with E-state index in [4.69, 9.17) is 0 Å². The third-order valence-corrected chi connectivity index (χ3v) is 4.11. The summed E-state index contributed by atoms with van der Waals surface area (Å²) in [4.78, 5) is 0. The lowest BCUT2D eigenvalue weighted by Gasteiger charge is -2.22. The number of nitrogens with one attached hydrogen (secondary N) is 1. The van der Waals surface area contributed by atoms with Gasteiger partial charge in [-0.2, -0.15) is 5.10 Å². The van der Waals surface area contributed by atoms with E-state index in [1.54, 1.807) is 0 Å². The van der Waals surface area contributed by atoms with Crippen LogP contribution in [-0.2, 0) is 13.5 Å². The van der Waals surface area contributed by atoms with Crippen LogP contribution in [-0.4, -0.2) is 22.9 Å². The summed E-state index contributed by atoms with van der Waals surface area (Å²) in [6, 6.07) is 6.61. The Morgan fingerprint density at radius 1 is 1.33 bits per heavy atom. The van der Waals surface area contributed by atoms with Crippen molar-refractivity contribution in [3.63, 3.8) is 0 Å². The van der Waals surface area contributed by atoms with Gasteiger partial charge in [0, 0.05) is 12.4 Å². The molecule has 3 rings (SSSR count). The number of hydrogen-bond acceptors (Lipinski definition) is 2. The first-order chi connectivity index (χ1) is 8.75. The molecule has 0 radical (unpaired) electrons. The Kier molecular flexibility index (Phi) is 3.08. The smallest absolute Gasteiger partial charge is 0.0684 e. The zero-order chi connectivity index (χ0) is 12.5.